The van der Waals surface area contributed by atoms with Crippen molar-refractivity contribution in [3.63, 3.8) is 0 Å². The van der Waals surface area contributed by atoms with Crippen molar-refractivity contribution in [2.45, 2.75) is 19.3 Å². The van der Waals surface area contributed by atoms with Crippen LogP contribution >= 0.6 is 0 Å². The van der Waals surface area contributed by atoms with Crippen molar-refractivity contribution in [2.75, 3.05) is 13.1 Å². The molecule has 0 unspecified atom stereocenters. The molecule has 1 fully saturated rings. The number of nitrogens with zero attached hydrogens (tertiary/aromatic N) is 1. The van der Waals surface area contributed by atoms with Gasteiger partial charge < -0.3 is 9.84 Å². The van der Waals surface area contributed by atoms with Gasteiger partial charge in [0.05, 0.1) is 18.6 Å². The number of rotatable bonds is 6. The van der Waals surface area contributed by atoms with Crippen LogP contribution in [0.4, 0.5) is 0 Å². The summed E-state index contributed by atoms with van der Waals surface area (Å²) in [4.78, 5) is 13.7. The van der Waals surface area contributed by atoms with E-state index in [1.54, 1.807) is 0 Å². The van der Waals surface area contributed by atoms with Crippen LogP contribution in [0.3, 0.4) is 0 Å². The lowest BCUT2D eigenvalue weighted by atomic mass is 10.1. The van der Waals surface area contributed by atoms with Crippen LogP contribution in [0, 0.1) is 5.92 Å². The fourth-order valence-electron chi connectivity index (χ4n) is 3.01. The van der Waals surface area contributed by atoms with Crippen molar-refractivity contribution in [1.29, 1.82) is 0 Å². The number of hydrogen-bond acceptors (Lipinski definition) is 3. The SMILES string of the molecule is O=C(O)[C@@H]1CN(Cc2ccccc2)C[C@H]1OCc1ccccc1. The highest BCUT2D eigenvalue weighted by molar-refractivity contribution is 5.71. The Morgan fingerprint density at radius 1 is 1.00 bits per heavy atom. The van der Waals surface area contributed by atoms with Gasteiger partial charge in [-0.3, -0.25) is 9.69 Å². The van der Waals surface area contributed by atoms with Gasteiger partial charge in [-0.2, -0.15) is 0 Å². The largest absolute Gasteiger partial charge is 0.481 e. The third-order valence-corrected chi connectivity index (χ3v) is 4.21. The third kappa shape index (κ3) is 4.18. The molecule has 2 aromatic carbocycles. The van der Waals surface area contributed by atoms with Crippen LogP contribution in [0.15, 0.2) is 60.7 Å². The second kappa shape index (κ2) is 7.40. The molecule has 1 N–H and O–H groups in total. The van der Waals surface area contributed by atoms with Crippen molar-refractivity contribution < 1.29 is 14.6 Å². The summed E-state index contributed by atoms with van der Waals surface area (Å²) in [6.07, 6.45) is -0.267. The highest BCUT2D eigenvalue weighted by Gasteiger charge is 2.38. The zero-order valence-electron chi connectivity index (χ0n) is 13.0. The van der Waals surface area contributed by atoms with Gasteiger partial charge in [-0.25, -0.2) is 0 Å². The lowest BCUT2D eigenvalue weighted by Crippen LogP contribution is -2.28. The molecule has 1 heterocycles. The predicted octanol–water partition coefficient (Wildman–Crippen LogP) is 2.79. The molecule has 4 nitrogen and oxygen atoms in total. The van der Waals surface area contributed by atoms with Crippen molar-refractivity contribution in [1.82, 2.24) is 4.90 Å². The van der Waals surface area contributed by atoms with Crippen molar-refractivity contribution in [2.24, 2.45) is 5.92 Å². The fraction of sp³-hybridized carbons (Fsp3) is 0.316. The van der Waals surface area contributed by atoms with E-state index in [9.17, 15) is 9.90 Å². The molecular weight excluding hydrogens is 290 g/mol. The average Bonchev–Trinajstić information content (AvgIpc) is 2.98. The Hall–Kier alpha value is -2.17. The summed E-state index contributed by atoms with van der Waals surface area (Å²) in [5.41, 5.74) is 2.26. The number of ether oxygens (including phenoxy) is 1. The van der Waals surface area contributed by atoms with Gasteiger partial charge >= 0.3 is 5.97 Å². The Labute approximate surface area is 136 Å². The predicted molar refractivity (Wildman–Crippen MR) is 87.9 cm³/mol. The molecule has 3 rings (SSSR count). The van der Waals surface area contributed by atoms with Crippen LogP contribution in [0.1, 0.15) is 11.1 Å². The molecule has 4 heteroatoms. The minimum atomic E-state index is -0.779. The molecule has 23 heavy (non-hydrogen) atoms. The van der Waals surface area contributed by atoms with Gasteiger partial charge in [0.15, 0.2) is 0 Å². The number of carboxylic acids is 1. The molecule has 0 radical (unpaired) electrons. The van der Waals surface area contributed by atoms with Crippen molar-refractivity contribution in [3.8, 4) is 0 Å². The molecule has 1 aliphatic heterocycles. The number of carboxylic acid groups (broad SMARTS) is 1. The van der Waals surface area contributed by atoms with E-state index in [-0.39, 0.29) is 6.10 Å². The fourth-order valence-corrected chi connectivity index (χ4v) is 3.01. The van der Waals surface area contributed by atoms with E-state index in [1.807, 2.05) is 48.5 Å². The summed E-state index contributed by atoms with van der Waals surface area (Å²) in [6.45, 7) is 2.40. The smallest absolute Gasteiger partial charge is 0.310 e. The van der Waals surface area contributed by atoms with Crippen molar-refractivity contribution in [3.05, 3.63) is 71.8 Å². The van der Waals surface area contributed by atoms with E-state index in [4.69, 9.17) is 4.74 Å². The van der Waals surface area contributed by atoms with E-state index in [0.29, 0.717) is 19.7 Å². The van der Waals surface area contributed by atoms with E-state index in [1.165, 1.54) is 5.56 Å². The Bertz CT molecular complexity index is 630. The number of carbonyl (C=O) groups is 1. The van der Waals surface area contributed by atoms with E-state index in [0.717, 1.165) is 12.1 Å². The van der Waals surface area contributed by atoms with Crippen LogP contribution in [0.5, 0.6) is 0 Å². The van der Waals surface area contributed by atoms with Crippen LogP contribution < -0.4 is 0 Å². The lowest BCUT2D eigenvalue weighted by Gasteiger charge is -2.16. The first-order valence-electron chi connectivity index (χ1n) is 7.87. The quantitative estimate of drug-likeness (QED) is 0.891. The second-order valence-corrected chi connectivity index (χ2v) is 5.96. The zero-order chi connectivity index (χ0) is 16.1. The topological polar surface area (TPSA) is 49.8 Å². The average molecular weight is 311 g/mol. The lowest BCUT2D eigenvalue weighted by molar-refractivity contribution is -0.145. The minimum Gasteiger partial charge on any atom is -0.481 e. The number of benzene rings is 2. The molecular formula is C19H21NO3. The van der Waals surface area contributed by atoms with Gasteiger partial charge in [0.2, 0.25) is 0 Å². The molecule has 0 bridgehead atoms. The standard InChI is InChI=1S/C19H21NO3/c21-19(22)17-12-20(11-15-7-3-1-4-8-15)13-18(17)23-14-16-9-5-2-6-10-16/h1-10,17-18H,11-14H2,(H,21,22)/t17-,18-/m1/s1. The Morgan fingerprint density at radius 3 is 2.22 bits per heavy atom. The van der Waals surface area contributed by atoms with Gasteiger partial charge in [0, 0.05) is 19.6 Å². The van der Waals surface area contributed by atoms with E-state index < -0.39 is 11.9 Å². The van der Waals surface area contributed by atoms with E-state index in [2.05, 4.69) is 17.0 Å². The summed E-state index contributed by atoms with van der Waals surface area (Å²) >= 11 is 0. The molecule has 1 aliphatic rings. The molecule has 0 saturated carbocycles. The Kier molecular flexibility index (Phi) is 5.05. The first-order valence-corrected chi connectivity index (χ1v) is 7.87. The van der Waals surface area contributed by atoms with Crippen molar-refractivity contribution >= 4 is 5.97 Å². The van der Waals surface area contributed by atoms with Crippen LogP contribution in [-0.4, -0.2) is 35.2 Å². The zero-order valence-corrected chi connectivity index (χ0v) is 13.0. The third-order valence-electron chi connectivity index (χ3n) is 4.21. The summed E-state index contributed by atoms with van der Waals surface area (Å²) in [6, 6.07) is 20.0. The molecule has 1 saturated heterocycles. The van der Waals surface area contributed by atoms with Gasteiger partial charge in [-0.05, 0) is 11.1 Å². The maximum absolute atomic E-state index is 11.5. The summed E-state index contributed by atoms with van der Waals surface area (Å²) in [5, 5.41) is 9.46. The van der Waals surface area contributed by atoms with Crippen LogP contribution in [0.2, 0.25) is 0 Å². The molecule has 120 valence electrons. The molecule has 0 aromatic heterocycles. The highest BCUT2D eigenvalue weighted by atomic mass is 16.5. The van der Waals surface area contributed by atoms with E-state index >= 15 is 0 Å². The molecule has 2 atom stereocenters. The normalized spacial score (nSPS) is 21.4. The molecule has 0 spiro atoms. The number of aliphatic carboxylic acids is 1. The molecule has 2 aromatic rings. The molecule has 0 aliphatic carbocycles. The second-order valence-electron chi connectivity index (χ2n) is 5.96. The van der Waals surface area contributed by atoms with Gasteiger partial charge in [0.25, 0.3) is 0 Å². The minimum absolute atomic E-state index is 0.267. The Morgan fingerprint density at radius 2 is 1.61 bits per heavy atom. The summed E-state index contributed by atoms with van der Waals surface area (Å²) < 4.78 is 5.91. The first-order chi connectivity index (χ1) is 11.2. The molecule has 0 amide bonds. The summed E-state index contributed by atoms with van der Waals surface area (Å²) in [7, 11) is 0. The number of hydrogen-bond donors (Lipinski definition) is 1. The highest BCUT2D eigenvalue weighted by Crippen LogP contribution is 2.23. The van der Waals surface area contributed by atoms with Gasteiger partial charge in [0.1, 0.15) is 0 Å². The number of likely N-dealkylation sites (tertiary alicyclic amines) is 1. The summed E-state index contributed by atoms with van der Waals surface area (Å²) in [5.74, 6) is -1.25. The maximum Gasteiger partial charge on any atom is 0.310 e. The van der Waals surface area contributed by atoms with Gasteiger partial charge in [-0.1, -0.05) is 60.7 Å². The monoisotopic (exact) mass is 311 g/mol. The Balaban J connectivity index is 1.61. The van der Waals surface area contributed by atoms with Crippen LogP contribution in [-0.2, 0) is 22.7 Å². The first kappa shape index (κ1) is 15.7. The maximum atomic E-state index is 11.5. The van der Waals surface area contributed by atoms with Gasteiger partial charge in [-0.15, -0.1) is 0 Å². The van der Waals surface area contributed by atoms with Crippen LogP contribution in [0.25, 0.3) is 0 Å².